The Morgan fingerprint density at radius 2 is 1.87 bits per heavy atom. The maximum Gasteiger partial charge on any atom is 0.119 e. The van der Waals surface area contributed by atoms with Gasteiger partial charge in [0.1, 0.15) is 11.4 Å². The van der Waals surface area contributed by atoms with E-state index < -0.39 is 0 Å². The largest absolute Gasteiger partial charge is 0.497 e. The number of fused-ring (bicyclic) bond motifs is 3. The van der Waals surface area contributed by atoms with Crippen molar-refractivity contribution in [1.29, 1.82) is 0 Å². The van der Waals surface area contributed by atoms with Crippen molar-refractivity contribution in [3.63, 3.8) is 0 Å². The SMILES string of the molecule is COc1cccc(-c2cn(Cc3cc4c(nc3C)-c3ccccc3CCC4)nn2)c1. The molecule has 1 aliphatic rings. The summed E-state index contributed by atoms with van der Waals surface area (Å²) in [4.78, 5) is 5.02. The van der Waals surface area contributed by atoms with E-state index in [-0.39, 0.29) is 0 Å². The van der Waals surface area contributed by atoms with Crippen molar-refractivity contribution in [3.05, 3.63) is 83.2 Å². The van der Waals surface area contributed by atoms with Crippen LogP contribution in [-0.4, -0.2) is 27.1 Å². The van der Waals surface area contributed by atoms with E-state index in [4.69, 9.17) is 9.72 Å². The maximum atomic E-state index is 5.32. The number of aryl methyl sites for hydroxylation is 3. The number of pyridine rings is 1. The van der Waals surface area contributed by atoms with Crippen LogP contribution in [0.1, 0.15) is 28.8 Å². The first kappa shape index (κ1) is 18.6. The zero-order chi connectivity index (χ0) is 20.5. The zero-order valence-electron chi connectivity index (χ0n) is 17.3. The summed E-state index contributed by atoms with van der Waals surface area (Å²) in [6, 6.07) is 18.8. The molecule has 0 atom stereocenters. The van der Waals surface area contributed by atoms with E-state index in [0.29, 0.717) is 6.54 Å². The van der Waals surface area contributed by atoms with Gasteiger partial charge in [0.05, 0.1) is 25.5 Å². The number of methoxy groups -OCH3 is 1. The Morgan fingerprint density at radius 3 is 2.77 bits per heavy atom. The summed E-state index contributed by atoms with van der Waals surface area (Å²) in [5, 5.41) is 8.71. The fraction of sp³-hybridized carbons (Fsp3) is 0.240. The van der Waals surface area contributed by atoms with Gasteiger partial charge in [-0.2, -0.15) is 0 Å². The van der Waals surface area contributed by atoms with Crippen LogP contribution in [0, 0.1) is 6.92 Å². The number of aromatic nitrogens is 4. The highest BCUT2D eigenvalue weighted by Gasteiger charge is 2.18. The molecule has 2 aromatic carbocycles. The Labute approximate surface area is 176 Å². The van der Waals surface area contributed by atoms with E-state index in [0.717, 1.165) is 47.7 Å². The van der Waals surface area contributed by atoms with Crippen molar-refractivity contribution in [2.75, 3.05) is 7.11 Å². The van der Waals surface area contributed by atoms with Gasteiger partial charge in [-0.15, -0.1) is 5.10 Å². The van der Waals surface area contributed by atoms with Gasteiger partial charge in [0, 0.05) is 16.8 Å². The molecule has 0 unspecified atom stereocenters. The van der Waals surface area contributed by atoms with Crippen molar-refractivity contribution in [2.45, 2.75) is 32.7 Å². The molecule has 5 nitrogen and oxygen atoms in total. The van der Waals surface area contributed by atoms with Gasteiger partial charge < -0.3 is 4.74 Å². The zero-order valence-corrected chi connectivity index (χ0v) is 17.3. The highest BCUT2D eigenvalue weighted by Crippen LogP contribution is 2.32. The molecule has 0 N–H and O–H groups in total. The number of rotatable bonds is 4. The van der Waals surface area contributed by atoms with Crippen LogP contribution in [0.5, 0.6) is 5.75 Å². The van der Waals surface area contributed by atoms with Crippen molar-refractivity contribution < 1.29 is 4.74 Å². The monoisotopic (exact) mass is 396 g/mol. The molecule has 0 saturated carbocycles. The fourth-order valence-corrected chi connectivity index (χ4v) is 4.18. The van der Waals surface area contributed by atoms with E-state index >= 15 is 0 Å². The van der Waals surface area contributed by atoms with Crippen LogP contribution in [0.4, 0.5) is 0 Å². The van der Waals surface area contributed by atoms with Crippen molar-refractivity contribution in [2.24, 2.45) is 0 Å². The summed E-state index contributed by atoms with van der Waals surface area (Å²) in [6.07, 6.45) is 5.29. The first-order valence-electron chi connectivity index (χ1n) is 10.3. The second-order valence-electron chi connectivity index (χ2n) is 7.78. The Hall–Kier alpha value is -3.47. The molecule has 0 amide bonds. The standard InChI is InChI=1S/C25H24N4O/c1-17-21(13-20-10-5-8-18-7-3-4-12-23(18)25(20)26-17)15-29-16-24(27-28-29)19-9-6-11-22(14-19)30-2/h3-4,6-7,9,11-14,16H,5,8,10,15H2,1-2H3. The highest BCUT2D eigenvalue weighted by molar-refractivity contribution is 5.68. The minimum Gasteiger partial charge on any atom is -0.497 e. The first-order valence-corrected chi connectivity index (χ1v) is 10.3. The maximum absolute atomic E-state index is 5.32. The van der Waals surface area contributed by atoms with Gasteiger partial charge in [0.25, 0.3) is 0 Å². The van der Waals surface area contributed by atoms with Gasteiger partial charge in [-0.25, -0.2) is 4.68 Å². The molecule has 0 saturated heterocycles. The third kappa shape index (κ3) is 3.47. The lowest BCUT2D eigenvalue weighted by atomic mass is 10.00. The molecule has 2 heterocycles. The Kier molecular flexibility index (Phi) is 4.79. The van der Waals surface area contributed by atoms with Gasteiger partial charge in [-0.05, 0) is 61.1 Å². The van der Waals surface area contributed by atoms with Crippen molar-refractivity contribution >= 4 is 0 Å². The molecule has 1 aliphatic carbocycles. The molecule has 0 radical (unpaired) electrons. The summed E-state index contributed by atoms with van der Waals surface area (Å²) < 4.78 is 7.20. The lowest BCUT2D eigenvalue weighted by Gasteiger charge is -2.13. The number of nitrogens with zero attached hydrogens (tertiary/aromatic N) is 4. The molecule has 0 bridgehead atoms. The molecular formula is C25H24N4O. The molecule has 2 aromatic heterocycles. The number of ether oxygens (including phenoxy) is 1. The molecular weight excluding hydrogens is 372 g/mol. The summed E-state index contributed by atoms with van der Waals surface area (Å²) in [6.45, 7) is 2.74. The molecule has 5 heteroatoms. The van der Waals surface area contributed by atoms with Crippen LogP contribution in [-0.2, 0) is 19.4 Å². The molecule has 0 spiro atoms. The molecule has 4 aromatic rings. The molecule has 150 valence electrons. The van der Waals surface area contributed by atoms with Gasteiger partial charge >= 0.3 is 0 Å². The second kappa shape index (κ2) is 7.75. The Morgan fingerprint density at radius 1 is 1.00 bits per heavy atom. The summed E-state index contributed by atoms with van der Waals surface area (Å²) in [7, 11) is 1.67. The van der Waals surface area contributed by atoms with Crippen molar-refractivity contribution in [3.8, 4) is 28.3 Å². The smallest absolute Gasteiger partial charge is 0.119 e. The summed E-state index contributed by atoms with van der Waals surface area (Å²) >= 11 is 0. The Balaban J connectivity index is 1.46. The van der Waals surface area contributed by atoms with Gasteiger partial charge in [-0.3, -0.25) is 4.98 Å². The van der Waals surface area contributed by atoms with Crippen LogP contribution in [0.3, 0.4) is 0 Å². The molecule has 0 aliphatic heterocycles. The lowest BCUT2D eigenvalue weighted by molar-refractivity contribution is 0.415. The number of hydrogen-bond acceptors (Lipinski definition) is 4. The number of benzene rings is 2. The predicted molar refractivity (Wildman–Crippen MR) is 118 cm³/mol. The normalized spacial score (nSPS) is 12.7. The minimum absolute atomic E-state index is 0.657. The quantitative estimate of drug-likeness (QED) is 0.494. The van der Waals surface area contributed by atoms with Crippen LogP contribution in [0.15, 0.2) is 60.8 Å². The highest BCUT2D eigenvalue weighted by atomic mass is 16.5. The van der Waals surface area contributed by atoms with Gasteiger partial charge in [-0.1, -0.05) is 41.6 Å². The van der Waals surface area contributed by atoms with Crippen LogP contribution < -0.4 is 4.74 Å². The topological polar surface area (TPSA) is 52.8 Å². The van der Waals surface area contributed by atoms with E-state index in [9.17, 15) is 0 Å². The molecule has 0 fully saturated rings. The average Bonchev–Trinajstić information content (AvgIpc) is 3.17. The van der Waals surface area contributed by atoms with E-state index in [1.807, 2.05) is 35.1 Å². The van der Waals surface area contributed by atoms with Crippen LogP contribution in [0.25, 0.3) is 22.5 Å². The van der Waals surface area contributed by atoms with E-state index in [1.54, 1.807) is 7.11 Å². The minimum atomic E-state index is 0.657. The van der Waals surface area contributed by atoms with E-state index in [2.05, 4.69) is 47.6 Å². The number of hydrogen-bond donors (Lipinski definition) is 0. The lowest BCUT2D eigenvalue weighted by Crippen LogP contribution is -2.06. The van der Waals surface area contributed by atoms with E-state index in [1.165, 1.54) is 22.3 Å². The second-order valence-corrected chi connectivity index (χ2v) is 7.78. The third-order valence-electron chi connectivity index (χ3n) is 5.80. The van der Waals surface area contributed by atoms with Gasteiger partial charge in [0.2, 0.25) is 0 Å². The molecule has 30 heavy (non-hydrogen) atoms. The van der Waals surface area contributed by atoms with Gasteiger partial charge in [0.15, 0.2) is 0 Å². The third-order valence-corrected chi connectivity index (χ3v) is 5.80. The Bertz CT molecular complexity index is 1210. The van der Waals surface area contributed by atoms with Crippen LogP contribution >= 0.6 is 0 Å². The first-order chi connectivity index (χ1) is 14.7. The summed E-state index contributed by atoms with van der Waals surface area (Å²) in [5.41, 5.74) is 9.21. The molecule has 5 rings (SSSR count). The summed E-state index contributed by atoms with van der Waals surface area (Å²) in [5.74, 6) is 0.813. The van der Waals surface area contributed by atoms with Crippen molar-refractivity contribution in [1.82, 2.24) is 20.0 Å². The fourth-order valence-electron chi connectivity index (χ4n) is 4.18. The predicted octanol–water partition coefficient (Wildman–Crippen LogP) is 4.86. The average molecular weight is 396 g/mol. The van der Waals surface area contributed by atoms with Crippen LogP contribution in [0.2, 0.25) is 0 Å².